The fourth-order valence-corrected chi connectivity index (χ4v) is 5.17. The Morgan fingerprint density at radius 1 is 1.19 bits per heavy atom. The second kappa shape index (κ2) is 8.53. The minimum absolute atomic E-state index is 0.0379. The smallest absolute Gasteiger partial charge is 0.261 e. The van der Waals surface area contributed by atoms with E-state index in [0.717, 1.165) is 30.6 Å². The lowest BCUT2D eigenvalue weighted by atomic mass is 9.81. The number of ether oxygens (including phenoxy) is 1. The van der Waals surface area contributed by atoms with Gasteiger partial charge in [-0.15, -0.1) is 11.3 Å². The van der Waals surface area contributed by atoms with Crippen LogP contribution in [0.1, 0.15) is 58.6 Å². The third-order valence-electron chi connectivity index (χ3n) is 5.49. The average Bonchev–Trinajstić information content (AvgIpc) is 3.02. The summed E-state index contributed by atoms with van der Waals surface area (Å²) in [7, 11) is 3.53. The van der Waals surface area contributed by atoms with Gasteiger partial charge < -0.3 is 15.0 Å². The first-order chi connectivity index (χ1) is 12.5. The molecule has 144 valence electrons. The van der Waals surface area contributed by atoms with E-state index < -0.39 is 5.41 Å². The fraction of sp³-hybridized carbons (Fsp3) is 0.700. The first kappa shape index (κ1) is 19.4. The Labute approximate surface area is 160 Å². The topological polar surface area (TPSA) is 58.6 Å². The predicted octanol–water partition coefficient (Wildman–Crippen LogP) is 3.02. The molecule has 2 heterocycles. The van der Waals surface area contributed by atoms with Gasteiger partial charge >= 0.3 is 0 Å². The number of rotatable bonds is 4. The molecule has 1 unspecified atom stereocenters. The molecular formula is C20H30N2O3S. The van der Waals surface area contributed by atoms with Gasteiger partial charge in [-0.3, -0.25) is 9.59 Å². The summed E-state index contributed by atoms with van der Waals surface area (Å²) in [6.07, 6.45) is 8.77. The summed E-state index contributed by atoms with van der Waals surface area (Å²) in [5.74, 6) is -0.0193. The average molecular weight is 379 g/mol. The molecule has 1 N–H and O–H groups in total. The van der Waals surface area contributed by atoms with Gasteiger partial charge in [0.05, 0.1) is 16.9 Å². The Hall–Kier alpha value is -1.40. The molecule has 0 radical (unpaired) electrons. The van der Waals surface area contributed by atoms with E-state index >= 15 is 0 Å². The number of aryl methyl sites for hydroxylation is 2. The van der Waals surface area contributed by atoms with Crippen LogP contribution in [0.25, 0.3) is 0 Å². The Morgan fingerprint density at radius 3 is 2.65 bits per heavy atom. The van der Waals surface area contributed by atoms with Crippen LogP contribution in [0.15, 0.2) is 6.07 Å². The molecule has 2 aliphatic rings. The van der Waals surface area contributed by atoms with E-state index in [0.29, 0.717) is 19.8 Å². The molecule has 6 heteroatoms. The first-order valence-electron chi connectivity index (χ1n) is 9.71. The summed E-state index contributed by atoms with van der Waals surface area (Å²) in [6, 6.07) is 2.07. The maximum absolute atomic E-state index is 12.7. The minimum atomic E-state index is -0.636. The number of fused-ring (bicyclic) bond motifs is 1. The normalized spacial score (nSPS) is 23.5. The zero-order chi connectivity index (χ0) is 18.6. The van der Waals surface area contributed by atoms with Crippen LogP contribution in [0.4, 0.5) is 0 Å². The number of hydrogen-bond acceptors (Lipinski definition) is 4. The highest BCUT2D eigenvalue weighted by Crippen LogP contribution is 2.31. The molecule has 1 atom stereocenters. The van der Waals surface area contributed by atoms with Crippen molar-refractivity contribution in [3.05, 3.63) is 21.4 Å². The molecule has 0 bridgehead atoms. The summed E-state index contributed by atoms with van der Waals surface area (Å²) in [5, 5.41) is 3.03. The van der Waals surface area contributed by atoms with Crippen LogP contribution < -0.4 is 5.32 Å². The molecule has 3 rings (SSSR count). The lowest BCUT2D eigenvalue weighted by molar-refractivity contribution is -0.147. The Kier molecular flexibility index (Phi) is 6.35. The Balaban J connectivity index is 1.68. The van der Waals surface area contributed by atoms with Crippen LogP contribution in [0, 0.1) is 5.41 Å². The SMILES string of the molecule is CN(C)C(=O)C1(CNC(=O)c2cc3c(s2)CCCCCC3)CCCOC1. The van der Waals surface area contributed by atoms with Crippen LogP contribution in [0.2, 0.25) is 0 Å². The van der Waals surface area contributed by atoms with Gasteiger partial charge in [-0.1, -0.05) is 12.8 Å². The molecule has 1 aromatic heterocycles. The van der Waals surface area contributed by atoms with Crippen molar-refractivity contribution in [3.8, 4) is 0 Å². The number of carbonyl (C=O) groups is 2. The molecule has 1 aromatic rings. The lowest BCUT2D eigenvalue weighted by Crippen LogP contribution is -2.52. The van der Waals surface area contributed by atoms with Gasteiger partial charge in [-0.25, -0.2) is 0 Å². The van der Waals surface area contributed by atoms with Crippen molar-refractivity contribution in [2.24, 2.45) is 5.41 Å². The van der Waals surface area contributed by atoms with Gasteiger partial charge in [0.2, 0.25) is 5.91 Å². The van der Waals surface area contributed by atoms with Gasteiger partial charge in [0.15, 0.2) is 0 Å². The number of amides is 2. The molecule has 1 fully saturated rings. The molecule has 1 aliphatic carbocycles. The molecule has 0 aromatic carbocycles. The fourth-order valence-electron chi connectivity index (χ4n) is 4.00. The molecule has 5 nitrogen and oxygen atoms in total. The van der Waals surface area contributed by atoms with E-state index in [4.69, 9.17) is 4.74 Å². The van der Waals surface area contributed by atoms with E-state index in [1.807, 2.05) is 0 Å². The van der Waals surface area contributed by atoms with Gasteiger partial charge in [0.25, 0.3) is 5.91 Å². The molecule has 2 amide bonds. The van der Waals surface area contributed by atoms with Crippen molar-refractivity contribution in [1.29, 1.82) is 0 Å². The monoisotopic (exact) mass is 378 g/mol. The van der Waals surface area contributed by atoms with Gasteiger partial charge in [0, 0.05) is 32.1 Å². The lowest BCUT2D eigenvalue weighted by Gasteiger charge is -2.37. The molecule has 0 spiro atoms. The number of nitrogens with one attached hydrogen (secondary N) is 1. The number of nitrogens with zero attached hydrogens (tertiary/aromatic N) is 1. The summed E-state index contributed by atoms with van der Waals surface area (Å²) in [6.45, 7) is 1.41. The second-order valence-electron chi connectivity index (χ2n) is 7.79. The highest BCUT2D eigenvalue weighted by Gasteiger charge is 2.41. The van der Waals surface area contributed by atoms with Crippen molar-refractivity contribution in [3.63, 3.8) is 0 Å². The Bertz CT molecular complexity index is 622. The number of hydrogen-bond donors (Lipinski definition) is 1. The van der Waals surface area contributed by atoms with E-state index in [1.165, 1.54) is 36.1 Å². The van der Waals surface area contributed by atoms with Crippen molar-refractivity contribution in [2.45, 2.75) is 51.4 Å². The van der Waals surface area contributed by atoms with Crippen molar-refractivity contribution in [2.75, 3.05) is 33.9 Å². The van der Waals surface area contributed by atoms with Crippen molar-refractivity contribution >= 4 is 23.2 Å². The first-order valence-corrected chi connectivity index (χ1v) is 10.5. The Morgan fingerprint density at radius 2 is 1.96 bits per heavy atom. The standard InChI is InChI=1S/C20H30N2O3S/c1-22(2)19(24)20(10-7-11-25-14-20)13-21-18(23)17-12-15-8-5-3-4-6-9-16(15)26-17/h12H,3-11,13-14H2,1-2H3,(H,21,23). The van der Waals surface area contributed by atoms with Crippen molar-refractivity contribution in [1.82, 2.24) is 10.2 Å². The van der Waals surface area contributed by atoms with Crippen LogP contribution in [0.3, 0.4) is 0 Å². The van der Waals surface area contributed by atoms with Crippen LogP contribution in [0.5, 0.6) is 0 Å². The predicted molar refractivity (Wildman–Crippen MR) is 104 cm³/mol. The van der Waals surface area contributed by atoms with Crippen LogP contribution >= 0.6 is 11.3 Å². The largest absolute Gasteiger partial charge is 0.380 e. The van der Waals surface area contributed by atoms with Gasteiger partial charge in [0.1, 0.15) is 0 Å². The van der Waals surface area contributed by atoms with Crippen LogP contribution in [-0.2, 0) is 22.4 Å². The third kappa shape index (κ3) is 4.29. The van der Waals surface area contributed by atoms with Gasteiger partial charge in [-0.05, 0) is 50.2 Å². The minimum Gasteiger partial charge on any atom is -0.380 e. The van der Waals surface area contributed by atoms with E-state index in [9.17, 15) is 9.59 Å². The molecule has 0 saturated carbocycles. The molecule has 26 heavy (non-hydrogen) atoms. The molecular weight excluding hydrogens is 348 g/mol. The number of carbonyl (C=O) groups excluding carboxylic acids is 2. The zero-order valence-corrected chi connectivity index (χ0v) is 16.8. The highest BCUT2D eigenvalue weighted by atomic mass is 32.1. The van der Waals surface area contributed by atoms with E-state index in [-0.39, 0.29) is 11.8 Å². The highest BCUT2D eigenvalue weighted by molar-refractivity contribution is 7.14. The zero-order valence-electron chi connectivity index (χ0n) is 15.9. The van der Waals surface area contributed by atoms with E-state index in [2.05, 4.69) is 11.4 Å². The molecule has 1 saturated heterocycles. The summed E-state index contributed by atoms with van der Waals surface area (Å²) >= 11 is 1.63. The van der Waals surface area contributed by atoms with E-state index in [1.54, 1.807) is 30.3 Å². The quantitative estimate of drug-likeness (QED) is 0.876. The maximum Gasteiger partial charge on any atom is 0.261 e. The summed E-state index contributed by atoms with van der Waals surface area (Å²) in [5.41, 5.74) is 0.711. The summed E-state index contributed by atoms with van der Waals surface area (Å²) in [4.78, 5) is 29.2. The molecule has 1 aliphatic heterocycles. The number of thiophene rings is 1. The van der Waals surface area contributed by atoms with Crippen molar-refractivity contribution < 1.29 is 14.3 Å². The summed E-state index contributed by atoms with van der Waals surface area (Å²) < 4.78 is 5.59. The third-order valence-corrected chi connectivity index (χ3v) is 6.73. The van der Waals surface area contributed by atoms with Gasteiger partial charge in [-0.2, -0.15) is 0 Å². The van der Waals surface area contributed by atoms with Crippen LogP contribution in [-0.4, -0.2) is 50.6 Å². The maximum atomic E-state index is 12.7. The second-order valence-corrected chi connectivity index (χ2v) is 8.93.